The summed E-state index contributed by atoms with van der Waals surface area (Å²) in [7, 11) is -3.64. The third-order valence-electron chi connectivity index (χ3n) is 5.31. The van der Waals surface area contributed by atoms with Crippen LogP contribution in [-0.2, 0) is 21.3 Å². The third-order valence-corrected chi connectivity index (χ3v) is 7.48. The molecule has 0 unspecified atom stereocenters. The highest BCUT2D eigenvalue weighted by molar-refractivity contribution is 7.89. The molecule has 1 N–H and O–H groups in total. The number of carbonyl (C=O) groups is 1. The first kappa shape index (κ1) is 22.5. The molecule has 0 radical (unpaired) electrons. The van der Waals surface area contributed by atoms with Crippen molar-refractivity contribution >= 4 is 49.7 Å². The Kier molecular flexibility index (Phi) is 6.34. The zero-order valence-electron chi connectivity index (χ0n) is 17.4. The summed E-state index contributed by atoms with van der Waals surface area (Å²) < 4.78 is 34.6. The maximum atomic E-state index is 13.0. The van der Waals surface area contributed by atoms with Crippen LogP contribution < -0.4 is 0 Å². The Hall–Kier alpha value is -2.72. The molecule has 8 nitrogen and oxygen atoms in total. The largest absolute Gasteiger partial charge is 0.478 e. The van der Waals surface area contributed by atoms with Crippen molar-refractivity contribution in [2.45, 2.75) is 18.4 Å². The number of halogens is 1. The van der Waals surface area contributed by atoms with Gasteiger partial charge in [-0.05, 0) is 48.9 Å². The molecule has 0 atom stereocenters. The van der Waals surface area contributed by atoms with Gasteiger partial charge in [-0.1, -0.05) is 23.7 Å². The Morgan fingerprint density at radius 3 is 2.50 bits per heavy atom. The van der Waals surface area contributed by atoms with E-state index in [0.717, 1.165) is 11.1 Å². The predicted octanol–water partition coefficient (Wildman–Crippen LogP) is 3.51. The standard InChI is InChI=1S/C22H22ClN3O5S/c1-2-26-20-8-7-17(32(29,30)25-9-11-31-12-10-25)14-19(20)24-21(26)18(23)13-15-3-5-16(6-4-15)22(27)28/h3-8,13-14H,2,9-12H2,1H3,(H,27,28)/b18-13-. The summed E-state index contributed by atoms with van der Waals surface area (Å²) in [4.78, 5) is 15.8. The zero-order valence-corrected chi connectivity index (χ0v) is 18.9. The number of hydrogen-bond acceptors (Lipinski definition) is 5. The molecule has 0 aliphatic carbocycles. The molecule has 4 rings (SSSR count). The number of hydrogen-bond donors (Lipinski definition) is 1. The van der Waals surface area contributed by atoms with Crippen LogP contribution in [0.5, 0.6) is 0 Å². The van der Waals surface area contributed by atoms with Gasteiger partial charge in [-0.25, -0.2) is 18.2 Å². The predicted molar refractivity (Wildman–Crippen MR) is 122 cm³/mol. The fraction of sp³-hybridized carbons (Fsp3) is 0.273. The second-order valence-corrected chi connectivity index (χ2v) is 9.61. The van der Waals surface area contributed by atoms with Crippen LogP contribution in [-0.4, -0.2) is 59.7 Å². The molecule has 0 bridgehead atoms. The summed E-state index contributed by atoms with van der Waals surface area (Å²) in [6.07, 6.45) is 1.70. The lowest BCUT2D eigenvalue weighted by Gasteiger charge is -2.26. The van der Waals surface area contributed by atoms with Crippen LogP contribution in [0.4, 0.5) is 0 Å². The lowest BCUT2D eigenvalue weighted by atomic mass is 10.1. The zero-order chi connectivity index (χ0) is 22.9. The van der Waals surface area contributed by atoms with Gasteiger partial charge in [-0.15, -0.1) is 0 Å². The summed E-state index contributed by atoms with van der Waals surface area (Å²) in [5.41, 5.74) is 2.22. The fourth-order valence-electron chi connectivity index (χ4n) is 3.64. The molecule has 1 saturated heterocycles. The van der Waals surface area contributed by atoms with Crippen molar-refractivity contribution in [1.29, 1.82) is 0 Å². The molecule has 3 aromatic rings. The molecular formula is C22H22ClN3O5S. The van der Waals surface area contributed by atoms with Crippen LogP contribution in [0.25, 0.3) is 22.1 Å². The smallest absolute Gasteiger partial charge is 0.335 e. The van der Waals surface area contributed by atoms with Gasteiger partial charge in [-0.3, -0.25) is 0 Å². The van der Waals surface area contributed by atoms with Gasteiger partial charge in [0.05, 0.1) is 39.7 Å². The van der Waals surface area contributed by atoms with Gasteiger partial charge in [0, 0.05) is 19.6 Å². The maximum absolute atomic E-state index is 13.0. The summed E-state index contributed by atoms with van der Waals surface area (Å²) in [5, 5.41) is 9.41. The summed E-state index contributed by atoms with van der Waals surface area (Å²) in [6.45, 7) is 3.95. The molecule has 2 heterocycles. The van der Waals surface area contributed by atoms with E-state index in [2.05, 4.69) is 4.98 Å². The number of rotatable bonds is 6. The topological polar surface area (TPSA) is 102 Å². The number of fused-ring (bicyclic) bond motifs is 1. The number of ether oxygens (including phenoxy) is 1. The Morgan fingerprint density at radius 2 is 1.88 bits per heavy atom. The Bertz CT molecular complexity index is 1290. The molecule has 1 aliphatic rings. The highest BCUT2D eigenvalue weighted by Gasteiger charge is 2.27. The van der Waals surface area contributed by atoms with E-state index in [1.165, 1.54) is 16.4 Å². The number of aromatic nitrogens is 2. The normalized spacial score (nSPS) is 15.9. The van der Waals surface area contributed by atoms with Crippen molar-refractivity contribution in [1.82, 2.24) is 13.9 Å². The molecule has 1 fully saturated rings. The van der Waals surface area contributed by atoms with Gasteiger partial charge in [0.2, 0.25) is 10.0 Å². The molecule has 32 heavy (non-hydrogen) atoms. The maximum Gasteiger partial charge on any atom is 0.335 e. The molecule has 1 aliphatic heterocycles. The van der Waals surface area contributed by atoms with Crippen molar-refractivity contribution in [3.8, 4) is 0 Å². The van der Waals surface area contributed by atoms with Gasteiger partial charge < -0.3 is 14.4 Å². The monoisotopic (exact) mass is 475 g/mol. The van der Waals surface area contributed by atoms with Gasteiger partial charge >= 0.3 is 5.97 Å². The van der Waals surface area contributed by atoms with E-state index >= 15 is 0 Å². The number of aromatic carboxylic acids is 1. The van der Waals surface area contributed by atoms with Crippen LogP contribution in [0.15, 0.2) is 47.4 Å². The number of imidazole rings is 1. The second-order valence-electron chi connectivity index (χ2n) is 7.27. The molecule has 0 saturated carbocycles. The van der Waals surface area contributed by atoms with E-state index < -0.39 is 16.0 Å². The molecule has 0 amide bonds. The average molecular weight is 476 g/mol. The Morgan fingerprint density at radius 1 is 1.19 bits per heavy atom. The first-order valence-corrected chi connectivity index (χ1v) is 11.9. The minimum Gasteiger partial charge on any atom is -0.478 e. The summed E-state index contributed by atoms with van der Waals surface area (Å²) in [6, 6.07) is 11.2. The van der Waals surface area contributed by atoms with Crippen LogP contribution in [0.3, 0.4) is 0 Å². The number of carboxylic acid groups (broad SMARTS) is 1. The van der Waals surface area contributed by atoms with E-state index in [1.54, 1.807) is 36.4 Å². The highest BCUT2D eigenvalue weighted by atomic mass is 35.5. The van der Waals surface area contributed by atoms with Crippen LogP contribution in [0, 0.1) is 0 Å². The number of sulfonamides is 1. The minimum absolute atomic E-state index is 0.184. The number of carboxylic acids is 1. The van der Waals surface area contributed by atoms with Gasteiger partial charge in [0.25, 0.3) is 0 Å². The van der Waals surface area contributed by atoms with Crippen molar-refractivity contribution in [3.63, 3.8) is 0 Å². The van der Waals surface area contributed by atoms with Crippen molar-refractivity contribution in [2.75, 3.05) is 26.3 Å². The molecular weight excluding hydrogens is 454 g/mol. The number of aryl methyl sites for hydroxylation is 1. The molecule has 10 heteroatoms. The lowest BCUT2D eigenvalue weighted by molar-refractivity contribution is 0.0697. The van der Waals surface area contributed by atoms with Crippen molar-refractivity contribution in [3.05, 3.63) is 59.4 Å². The summed E-state index contributed by atoms with van der Waals surface area (Å²) in [5.74, 6) is -0.491. The van der Waals surface area contributed by atoms with Gasteiger partial charge in [-0.2, -0.15) is 4.31 Å². The Balaban J connectivity index is 1.71. The summed E-state index contributed by atoms with van der Waals surface area (Å²) >= 11 is 6.57. The third kappa shape index (κ3) is 4.29. The number of morpholine rings is 1. The second kappa shape index (κ2) is 9.03. The van der Waals surface area contributed by atoms with Crippen LogP contribution in [0.2, 0.25) is 0 Å². The van der Waals surface area contributed by atoms with Crippen molar-refractivity contribution < 1.29 is 23.1 Å². The van der Waals surface area contributed by atoms with Gasteiger partial charge in [0.1, 0.15) is 0 Å². The molecule has 1 aromatic heterocycles. The molecule has 2 aromatic carbocycles. The number of benzene rings is 2. The SMILES string of the molecule is CCn1c(/C(Cl)=C/c2ccc(C(=O)O)cc2)nc2cc(S(=O)(=O)N3CCOCC3)ccc21. The highest BCUT2D eigenvalue weighted by Crippen LogP contribution is 2.28. The van der Waals surface area contributed by atoms with Crippen molar-refractivity contribution in [2.24, 2.45) is 0 Å². The van der Waals surface area contributed by atoms with E-state index in [1.807, 2.05) is 11.5 Å². The van der Waals surface area contributed by atoms with E-state index in [4.69, 9.17) is 21.4 Å². The first-order valence-electron chi connectivity index (χ1n) is 10.1. The van der Waals surface area contributed by atoms with Crippen LogP contribution in [0.1, 0.15) is 28.7 Å². The lowest BCUT2D eigenvalue weighted by Crippen LogP contribution is -2.40. The van der Waals surface area contributed by atoms with Gasteiger partial charge in [0.15, 0.2) is 5.82 Å². The Labute approximate surface area is 190 Å². The average Bonchev–Trinajstić information content (AvgIpc) is 3.18. The minimum atomic E-state index is -3.64. The molecule has 0 spiro atoms. The number of nitrogens with zero attached hydrogens (tertiary/aromatic N) is 3. The quantitative estimate of drug-likeness (QED) is 0.585. The van der Waals surface area contributed by atoms with Crippen LogP contribution >= 0.6 is 11.6 Å². The van der Waals surface area contributed by atoms with E-state index in [9.17, 15) is 13.2 Å². The first-order chi connectivity index (χ1) is 15.3. The molecule has 168 valence electrons. The van der Waals surface area contributed by atoms with E-state index in [-0.39, 0.29) is 10.5 Å². The fourth-order valence-corrected chi connectivity index (χ4v) is 5.34. The van der Waals surface area contributed by atoms with E-state index in [0.29, 0.717) is 49.2 Å².